The number of aromatic amines is 1. The number of fused-ring (bicyclic) bond motifs is 3. The standard InChI is InChI=1S/C22H17F2N5O3/c23-21(24)32-15-3-1-2-13(8-15)20(30)28-17-6-7-29-18-9-12(4-5-16(18)27-19(17)29)14-10-25-22(31)26-11-14/h1-5,8-11,17,21H,6-7H2,(H,28,30)(H,25,26,31)/t17-/m1/s1. The van der Waals surface area contributed by atoms with Gasteiger partial charge in [0.2, 0.25) is 0 Å². The molecule has 0 saturated carbocycles. The Balaban J connectivity index is 1.40. The van der Waals surface area contributed by atoms with Crippen LogP contribution in [0.15, 0.2) is 59.7 Å². The van der Waals surface area contributed by atoms with Crippen LogP contribution in [-0.4, -0.2) is 32.0 Å². The van der Waals surface area contributed by atoms with Gasteiger partial charge in [0, 0.05) is 30.1 Å². The summed E-state index contributed by atoms with van der Waals surface area (Å²) in [7, 11) is 0. The first-order valence-electron chi connectivity index (χ1n) is 9.89. The minimum absolute atomic E-state index is 0.0735. The molecule has 10 heteroatoms. The lowest BCUT2D eigenvalue weighted by Crippen LogP contribution is -2.27. The summed E-state index contributed by atoms with van der Waals surface area (Å²) in [5.74, 6) is 0.260. The molecule has 0 aliphatic carbocycles. The number of alkyl halides is 2. The molecule has 4 aromatic rings. The third kappa shape index (κ3) is 3.70. The van der Waals surface area contributed by atoms with E-state index < -0.39 is 18.2 Å². The van der Waals surface area contributed by atoms with Gasteiger partial charge < -0.3 is 19.6 Å². The van der Waals surface area contributed by atoms with E-state index in [2.05, 4.69) is 25.0 Å². The summed E-state index contributed by atoms with van der Waals surface area (Å²) >= 11 is 0. The summed E-state index contributed by atoms with van der Waals surface area (Å²) in [5, 5.41) is 2.93. The second-order valence-corrected chi connectivity index (χ2v) is 7.35. The van der Waals surface area contributed by atoms with Gasteiger partial charge in [-0.15, -0.1) is 0 Å². The van der Waals surface area contributed by atoms with Gasteiger partial charge in [0.15, 0.2) is 0 Å². The van der Waals surface area contributed by atoms with Crippen molar-refractivity contribution in [2.75, 3.05) is 0 Å². The van der Waals surface area contributed by atoms with Gasteiger partial charge in [-0.2, -0.15) is 8.78 Å². The Morgan fingerprint density at radius 3 is 2.88 bits per heavy atom. The molecule has 2 aromatic heterocycles. The van der Waals surface area contributed by atoms with Crippen LogP contribution in [0.5, 0.6) is 5.75 Å². The van der Waals surface area contributed by atoms with Crippen molar-refractivity contribution >= 4 is 16.9 Å². The fourth-order valence-corrected chi connectivity index (χ4v) is 3.90. The van der Waals surface area contributed by atoms with Crippen LogP contribution in [0.3, 0.4) is 0 Å². The Morgan fingerprint density at radius 1 is 1.22 bits per heavy atom. The van der Waals surface area contributed by atoms with Gasteiger partial charge in [0.1, 0.15) is 11.6 Å². The highest BCUT2D eigenvalue weighted by molar-refractivity contribution is 5.95. The molecule has 1 amide bonds. The van der Waals surface area contributed by atoms with Crippen LogP contribution in [0.25, 0.3) is 22.2 Å². The molecule has 0 unspecified atom stereocenters. The maximum atomic E-state index is 12.7. The Labute approximate surface area is 179 Å². The van der Waals surface area contributed by atoms with Gasteiger partial charge in [0.05, 0.1) is 17.1 Å². The summed E-state index contributed by atoms with van der Waals surface area (Å²) in [4.78, 5) is 34.9. The molecule has 0 saturated heterocycles. The third-order valence-electron chi connectivity index (χ3n) is 5.36. The number of aromatic nitrogens is 4. The number of H-pyrrole nitrogens is 1. The van der Waals surface area contributed by atoms with E-state index >= 15 is 0 Å². The quantitative estimate of drug-likeness (QED) is 0.499. The molecule has 0 fully saturated rings. The molecule has 162 valence electrons. The average Bonchev–Trinajstić information content (AvgIpc) is 3.33. The first kappa shape index (κ1) is 19.9. The first-order chi connectivity index (χ1) is 15.5. The molecule has 5 rings (SSSR count). The number of amides is 1. The monoisotopic (exact) mass is 437 g/mol. The molecule has 2 aromatic carbocycles. The van der Waals surface area contributed by atoms with E-state index in [1.165, 1.54) is 30.5 Å². The molecule has 0 radical (unpaired) electrons. The van der Waals surface area contributed by atoms with Crippen LogP contribution < -0.4 is 15.7 Å². The van der Waals surface area contributed by atoms with Crippen molar-refractivity contribution in [2.24, 2.45) is 0 Å². The topological polar surface area (TPSA) is 102 Å². The highest BCUT2D eigenvalue weighted by Gasteiger charge is 2.28. The van der Waals surface area contributed by atoms with Gasteiger partial charge in [-0.1, -0.05) is 12.1 Å². The number of rotatable bonds is 5. The number of carbonyl (C=O) groups is 1. The largest absolute Gasteiger partial charge is 0.435 e. The second-order valence-electron chi connectivity index (χ2n) is 7.35. The van der Waals surface area contributed by atoms with Crippen LogP contribution in [0, 0.1) is 0 Å². The van der Waals surface area contributed by atoms with Crippen LogP contribution >= 0.6 is 0 Å². The molecule has 32 heavy (non-hydrogen) atoms. The second kappa shape index (κ2) is 7.88. The van der Waals surface area contributed by atoms with Gasteiger partial charge in [-0.05, 0) is 42.3 Å². The lowest BCUT2D eigenvalue weighted by Gasteiger charge is -2.12. The lowest BCUT2D eigenvalue weighted by atomic mass is 10.1. The van der Waals surface area contributed by atoms with Gasteiger partial charge in [-0.3, -0.25) is 4.79 Å². The van der Waals surface area contributed by atoms with Crippen LogP contribution in [0.1, 0.15) is 28.6 Å². The average molecular weight is 437 g/mol. The van der Waals surface area contributed by atoms with Crippen LogP contribution in [-0.2, 0) is 6.54 Å². The molecule has 0 spiro atoms. The van der Waals surface area contributed by atoms with E-state index in [-0.39, 0.29) is 17.4 Å². The first-order valence-corrected chi connectivity index (χ1v) is 9.89. The minimum atomic E-state index is -2.96. The number of hydrogen-bond donors (Lipinski definition) is 2. The number of imidazole rings is 1. The van der Waals surface area contributed by atoms with E-state index in [4.69, 9.17) is 0 Å². The minimum Gasteiger partial charge on any atom is -0.435 e. The number of benzene rings is 2. The molecule has 0 bridgehead atoms. The fraction of sp³-hybridized carbons (Fsp3) is 0.182. The van der Waals surface area contributed by atoms with Crippen molar-refractivity contribution in [1.82, 2.24) is 24.8 Å². The van der Waals surface area contributed by atoms with Crippen molar-refractivity contribution in [3.8, 4) is 16.9 Å². The third-order valence-corrected chi connectivity index (χ3v) is 5.36. The molecule has 2 N–H and O–H groups in total. The summed E-state index contributed by atoms with van der Waals surface area (Å²) in [6.45, 7) is -2.29. The number of halogens is 2. The Kier molecular flexibility index (Phi) is 4.89. The molecular formula is C22H17F2N5O3. The summed E-state index contributed by atoms with van der Waals surface area (Å²) < 4.78 is 31.3. The maximum Gasteiger partial charge on any atom is 0.387 e. The van der Waals surface area contributed by atoms with Crippen molar-refractivity contribution in [1.29, 1.82) is 0 Å². The molecule has 1 aliphatic rings. The smallest absolute Gasteiger partial charge is 0.387 e. The highest BCUT2D eigenvalue weighted by Crippen LogP contribution is 2.32. The molecular weight excluding hydrogens is 420 g/mol. The zero-order valence-electron chi connectivity index (χ0n) is 16.6. The highest BCUT2D eigenvalue weighted by atomic mass is 19.3. The predicted molar refractivity (Wildman–Crippen MR) is 111 cm³/mol. The van der Waals surface area contributed by atoms with Crippen molar-refractivity contribution < 1.29 is 18.3 Å². The molecule has 1 aliphatic heterocycles. The van der Waals surface area contributed by atoms with E-state index in [0.717, 1.165) is 28.0 Å². The van der Waals surface area contributed by atoms with Crippen LogP contribution in [0.4, 0.5) is 8.78 Å². The van der Waals surface area contributed by atoms with E-state index in [9.17, 15) is 18.4 Å². The number of ether oxygens (including phenoxy) is 1. The number of carbonyl (C=O) groups excluding carboxylic acids is 1. The zero-order valence-corrected chi connectivity index (χ0v) is 16.6. The van der Waals surface area contributed by atoms with Crippen molar-refractivity contribution in [3.63, 3.8) is 0 Å². The Morgan fingerprint density at radius 2 is 2.09 bits per heavy atom. The molecule has 8 nitrogen and oxygen atoms in total. The summed E-state index contributed by atoms with van der Waals surface area (Å²) in [5.41, 5.74) is 3.17. The Hall–Kier alpha value is -4.08. The predicted octanol–water partition coefficient (Wildman–Crippen LogP) is 3.26. The SMILES string of the molecule is O=C(N[C@@H]1CCn2c1nc1ccc(-c3cnc(=O)[nH]c3)cc12)c1cccc(OC(F)F)c1. The number of aryl methyl sites for hydroxylation is 1. The van der Waals surface area contributed by atoms with E-state index in [0.29, 0.717) is 13.0 Å². The van der Waals surface area contributed by atoms with E-state index in [1.807, 2.05) is 22.8 Å². The number of nitrogens with zero attached hydrogens (tertiary/aromatic N) is 3. The van der Waals surface area contributed by atoms with E-state index in [1.54, 1.807) is 6.20 Å². The van der Waals surface area contributed by atoms with Gasteiger partial charge in [0.25, 0.3) is 5.91 Å². The maximum absolute atomic E-state index is 12.7. The fourth-order valence-electron chi connectivity index (χ4n) is 3.90. The lowest BCUT2D eigenvalue weighted by molar-refractivity contribution is -0.0498. The van der Waals surface area contributed by atoms with Crippen molar-refractivity contribution in [3.05, 3.63) is 76.7 Å². The van der Waals surface area contributed by atoms with Gasteiger partial charge >= 0.3 is 12.3 Å². The summed E-state index contributed by atoms with van der Waals surface area (Å²) in [6, 6.07) is 11.1. The molecule has 1 atom stereocenters. The molecule has 3 heterocycles. The van der Waals surface area contributed by atoms with Gasteiger partial charge in [-0.25, -0.2) is 14.8 Å². The normalized spacial score (nSPS) is 15.2. The number of nitrogens with one attached hydrogen (secondary N) is 2. The Bertz CT molecular complexity index is 1360. The zero-order chi connectivity index (χ0) is 22.2. The summed E-state index contributed by atoms with van der Waals surface area (Å²) in [6.07, 6.45) is 3.77. The number of hydrogen-bond acceptors (Lipinski definition) is 5. The van der Waals surface area contributed by atoms with Crippen molar-refractivity contribution in [2.45, 2.75) is 25.6 Å². The van der Waals surface area contributed by atoms with Crippen LogP contribution in [0.2, 0.25) is 0 Å².